The lowest BCUT2D eigenvalue weighted by Gasteiger charge is -2.19. The summed E-state index contributed by atoms with van der Waals surface area (Å²) in [6.45, 7) is 1.49. The van der Waals surface area contributed by atoms with Gasteiger partial charge in [-0.15, -0.1) is 0 Å². The molecule has 0 saturated heterocycles. The molecule has 0 radical (unpaired) electrons. The molecule has 0 saturated carbocycles. The molecule has 0 aromatic heterocycles. The molecule has 0 bridgehead atoms. The van der Waals surface area contributed by atoms with Gasteiger partial charge in [0.05, 0.1) is 5.56 Å². The molecule has 0 aliphatic carbocycles. The van der Waals surface area contributed by atoms with Crippen molar-refractivity contribution in [1.29, 1.82) is 0 Å². The number of hydrogen-bond donors (Lipinski definition) is 1. The minimum Gasteiger partial charge on any atom is -0.457 e. The zero-order chi connectivity index (χ0) is 27.1. The first-order valence-electron chi connectivity index (χ1n) is 11.4. The van der Waals surface area contributed by atoms with Crippen LogP contribution in [0.1, 0.15) is 42.3 Å². The molecular formula is C27H25F4NO5. The predicted octanol–water partition coefficient (Wildman–Crippen LogP) is 7.51. The Morgan fingerprint density at radius 1 is 0.892 bits per heavy atom. The van der Waals surface area contributed by atoms with Gasteiger partial charge >= 0.3 is 12.7 Å². The number of halogens is 4. The van der Waals surface area contributed by atoms with E-state index < -0.39 is 36.9 Å². The van der Waals surface area contributed by atoms with Crippen molar-refractivity contribution in [1.82, 2.24) is 0 Å². The third-order valence-electron chi connectivity index (χ3n) is 5.27. The third-order valence-corrected chi connectivity index (χ3v) is 5.27. The summed E-state index contributed by atoms with van der Waals surface area (Å²) in [4.78, 5) is 25.1. The number of alkyl halides is 2. The van der Waals surface area contributed by atoms with Crippen molar-refractivity contribution in [3.63, 3.8) is 0 Å². The number of aryl methyl sites for hydroxylation is 1. The quantitative estimate of drug-likeness (QED) is 0.222. The highest BCUT2D eigenvalue weighted by Crippen LogP contribution is 2.32. The molecule has 196 valence electrons. The first-order valence-corrected chi connectivity index (χ1v) is 11.4. The standard InChI is InChI=1S/C27H25F4NO5/c1-4-16-5-6-17(25(37-26(30)31)23(16)24(33)15(2)3)14-35-27(34)32-18-7-9-19(10-8-18)36-20-11-12-21(28)22(29)13-20/h5-13,15,26H,4,14H2,1-3H3,(H,32,34). The van der Waals surface area contributed by atoms with Crippen molar-refractivity contribution >= 4 is 17.6 Å². The van der Waals surface area contributed by atoms with Crippen LogP contribution in [-0.2, 0) is 17.8 Å². The normalized spacial score (nSPS) is 10.9. The van der Waals surface area contributed by atoms with E-state index >= 15 is 0 Å². The highest BCUT2D eigenvalue weighted by atomic mass is 19.3. The molecular weight excluding hydrogens is 494 g/mol. The van der Waals surface area contributed by atoms with Gasteiger partial charge in [-0.25, -0.2) is 13.6 Å². The molecule has 10 heteroatoms. The van der Waals surface area contributed by atoms with Gasteiger partial charge in [0.25, 0.3) is 0 Å². The van der Waals surface area contributed by atoms with Crippen LogP contribution in [-0.4, -0.2) is 18.5 Å². The van der Waals surface area contributed by atoms with Crippen LogP contribution in [0.5, 0.6) is 17.2 Å². The molecule has 0 atom stereocenters. The van der Waals surface area contributed by atoms with E-state index in [-0.39, 0.29) is 28.4 Å². The molecule has 3 aromatic rings. The average Bonchev–Trinajstić information content (AvgIpc) is 2.85. The summed E-state index contributed by atoms with van der Waals surface area (Å²) in [6.07, 6.45) is -0.459. The van der Waals surface area contributed by atoms with Crippen LogP contribution in [0.25, 0.3) is 0 Å². The Bertz CT molecular complexity index is 1260. The molecule has 1 N–H and O–H groups in total. The lowest BCUT2D eigenvalue weighted by atomic mass is 9.92. The Hall–Kier alpha value is -4.08. The SMILES string of the molecule is CCc1ccc(COC(=O)Nc2ccc(Oc3ccc(F)c(F)c3)cc2)c(OC(F)F)c1C(=O)C(C)C. The summed E-state index contributed by atoms with van der Waals surface area (Å²) in [5.74, 6) is -2.78. The molecule has 3 rings (SSSR count). The zero-order valence-electron chi connectivity index (χ0n) is 20.3. The summed E-state index contributed by atoms with van der Waals surface area (Å²) in [5, 5.41) is 2.48. The van der Waals surface area contributed by atoms with Crippen LogP contribution in [0, 0.1) is 17.6 Å². The van der Waals surface area contributed by atoms with Crippen LogP contribution in [0.2, 0.25) is 0 Å². The lowest BCUT2D eigenvalue weighted by molar-refractivity contribution is -0.0513. The van der Waals surface area contributed by atoms with Crippen molar-refractivity contribution in [2.45, 2.75) is 40.4 Å². The summed E-state index contributed by atoms with van der Waals surface area (Å²) in [6, 6.07) is 12.1. The van der Waals surface area contributed by atoms with Gasteiger partial charge in [-0.05, 0) is 48.4 Å². The van der Waals surface area contributed by atoms with E-state index in [0.717, 1.165) is 12.1 Å². The molecule has 0 unspecified atom stereocenters. The number of anilines is 1. The maximum absolute atomic E-state index is 13.3. The van der Waals surface area contributed by atoms with Crippen LogP contribution >= 0.6 is 0 Å². The fourth-order valence-corrected chi connectivity index (χ4v) is 3.44. The maximum atomic E-state index is 13.3. The van der Waals surface area contributed by atoms with E-state index in [0.29, 0.717) is 23.4 Å². The number of benzene rings is 3. The second-order valence-electron chi connectivity index (χ2n) is 8.24. The van der Waals surface area contributed by atoms with Crippen molar-refractivity contribution in [2.24, 2.45) is 5.92 Å². The number of carbonyl (C=O) groups excluding carboxylic acids is 2. The predicted molar refractivity (Wildman–Crippen MR) is 128 cm³/mol. The number of carbonyl (C=O) groups is 2. The van der Waals surface area contributed by atoms with E-state index in [9.17, 15) is 27.2 Å². The largest absolute Gasteiger partial charge is 0.457 e. The van der Waals surface area contributed by atoms with Gasteiger partial charge in [0.2, 0.25) is 0 Å². The van der Waals surface area contributed by atoms with E-state index in [1.54, 1.807) is 26.8 Å². The Morgan fingerprint density at radius 3 is 2.14 bits per heavy atom. The number of rotatable bonds is 10. The van der Waals surface area contributed by atoms with Gasteiger partial charge in [0.1, 0.15) is 23.9 Å². The average molecular weight is 519 g/mol. The maximum Gasteiger partial charge on any atom is 0.411 e. The Morgan fingerprint density at radius 2 is 1.54 bits per heavy atom. The molecule has 37 heavy (non-hydrogen) atoms. The van der Waals surface area contributed by atoms with E-state index in [1.165, 1.54) is 36.4 Å². The molecule has 6 nitrogen and oxygen atoms in total. The smallest absolute Gasteiger partial charge is 0.411 e. The Labute approximate surface area is 211 Å². The molecule has 0 spiro atoms. The van der Waals surface area contributed by atoms with Crippen LogP contribution in [0.3, 0.4) is 0 Å². The van der Waals surface area contributed by atoms with Crippen molar-refractivity contribution in [3.8, 4) is 17.2 Å². The van der Waals surface area contributed by atoms with Crippen molar-refractivity contribution in [3.05, 3.63) is 82.9 Å². The number of ether oxygens (including phenoxy) is 3. The first kappa shape index (κ1) is 27.5. The Balaban J connectivity index is 1.69. The van der Waals surface area contributed by atoms with Gasteiger partial charge in [-0.1, -0.05) is 32.9 Å². The summed E-state index contributed by atoms with van der Waals surface area (Å²) in [5.41, 5.74) is 1.04. The molecule has 1 amide bonds. The molecule has 0 aliphatic rings. The summed E-state index contributed by atoms with van der Waals surface area (Å²) < 4.78 is 68.0. The van der Waals surface area contributed by atoms with Crippen LogP contribution < -0.4 is 14.8 Å². The lowest BCUT2D eigenvalue weighted by Crippen LogP contribution is -2.18. The highest BCUT2D eigenvalue weighted by Gasteiger charge is 2.25. The summed E-state index contributed by atoms with van der Waals surface area (Å²) >= 11 is 0. The van der Waals surface area contributed by atoms with Crippen LogP contribution in [0.4, 0.5) is 28.0 Å². The van der Waals surface area contributed by atoms with Gasteiger partial charge in [0, 0.05) is 23.2 Å². The fraction of sp³-hybridized carbons (Fsp3) is 0.259. The van der Waals surface area contributed by atoms with E-state index in [2.05, 4.69) is 5.32 Å². The number of Topliss-reactive ketones (excluding diaryl/α,β-unsaturated/α-hetero) is 1. The van der Waals surface area contributed by atoms with Crippen molar-refractivity contribution in [2.75, 3.05) is 5.32 Å². The van der Waals surface area contributed by atoms with Gasteiger partial charge < -0.3 is 14.2 Å². The second-order valence-corrected chi connectivity index (χ2v) is 8.24. The number of hydrogen-bond acceptors (Lipinski definition) is 5. The van der Waals surface area contributed by atoms with Crippen LogP contribution in [0.15, 0.2) is 54.6 Å². The monoisotopic (exact) mass is 519 g/mol. The number of nitrogens with one attached hydrogen (secondary N) is 1. The minimum atomic E-state index is -3.18. The van der Waals surface area contributed by atoms with E-state index in [1.807, 2.05) is 0 Å². The van der Waals surface area contributed by atoms with Gasteiger partial charge in [-0.3, -0.25) is 10.1 Å². The third kappa shape index (κ3) is 7.22. The Kier molecular flexibility index (Phi) is 9.10. The van der Waals surface area contributed by atoms with Gasteiger partial charge in [-0.2, -0.15) is 8.78 Å². The summed E-state index contributed by atoms with van der Waals surface area (Å²) in [7, 11) is 0. The van der Waals surface area contributed by atoms with Gasteiger partial charge in [0.15, 0.2) is 17.4 Å². The van der Waals surface area contributed by atoms with E-state index in [4.69, 9.17) is 14.2 Å². The number of ketones is 1. The molecule has 3 aromatic carbocycles. The zero-order valence-corrected chi connectivity index (χ0v) is 20.3. The topological polar surface area (TPSA) is 73.9 Å². The highest BCUT2D eigenvalue weighted by molar-refractivity contribution is 6.01. The molecule has 0 fully saturated rings. The minimum absolute atomic E-state index is 0.0518. The van der Waals surface area contributed by atoms with Crippen molar-refractivity contribution < 1.29 is 41.4 Å². The molecule has 0 aliphatic heterocycles. The second kappa shape index (κ2) is 12.2. The first-order chi connectivity index (χ1) is 17.6. The molecule has 0 heterocycles. The number of amides is 1. The fourth-order valence-electron chi connectivity index (χ4n) is 3.44.